The number of anilines is 1. The van der Waals surface area contributed by atoms with E-state index in [0.29, 0.717) is 22.7 Å². The standard InChI is InChI=1S/C36H39ClFN3O4S/c1-4-5-22-39-36(43)34(23-28-10-7-6-8-11-28)40(24-29-16-18-30(38)19-17-29)35(42)25-41(33-13-9-12-32(37)27(33)3)46(44,45)31-20-14-26(2)15-21-31/h6-21,34H,4-5,22-25H2,1-3H3,(H,39,43). The zero-order valence-corrected chi connectivity index (χ0v) is 27.8. The minimum atomic E-state index is -4.26. The van der Waals surface area contributed by atoms with Gasteiger partial charge >= 0.3 is 0 Å². The molecule has 0 aliphatic rings. The van der Waals surface area contributed by atoms with E-state index in [1.54, 1.807) is 49.4 Å². The molecule has 7 nitrogen and oxygen atoms in total. The second-order valence-corrected chi connectivity index (χ2v) is 13.5. The highest BCUT2D eigenvalue weighted by atomic mass is 35.5. The molecule has 0 aromatic heterocycles. The van der Waals surface area contributed by atoms with Crippen molar-refractivity contribution in [1.82, 2.24) is 10.2 Å². The Bertz CT molecular complexity index is 1730. The summed E-state index contributed by atoms with van der Waals surface area (Å²) < 4.78 is 43.3. The Balaban J connectivity index is 1.81. The van der Waals surface area contributed by atoms with Crippen LogP contribution in [0, 0.1) is 19.7 Å². The number of unbranched alkanes of at least 4 members (excludes halogenated alkanes) is 1. The lowest BCUT2D eigenvalue weighted by Crippen LogP contribution is -2.53. The number of carbonyl (C=O) groups is 2. The molecule has 0 heterocycles. The summed E-state index contributed by atoms with van der Waals surface area (Å²) in [6.45, 7) is 5.32. The van der Waals surface area contributed by atoms with Crippen molar-refractivity contribution in [2.75, 3.05) is 17.4 Å². The average Bonchev–Trinajstić information content (AvgIpc) is 3.04. The molecule has 4 aromatic carbocycles. The van der Waals surface area contributed by atoms with Gasteiger partial charge < -0.3 is 10.2 Å². The molecular weight excluding hydrogens is 625 g/mol. The summed E-state index contributed by atoms with van der Waals surface area (Å²) in [7, 11) is -4.26. The molecule has 4 aromatic rings. The highest BCUT2D eigenvalue weighted by molar-refractivity contribution is 7.92. The van der Waals surface area contributed by atoms with Crippen molar-refractivity contribution < 1.29 is 22.4 Å². The zero-order valence-electron chi connectivity index (χ0n) is 26.2. The van der Waals surface area contributed by atoms with Crippen LogP contribution in [-0.2, 0) is 32.6 Å². The number of nitrogens with zero attached hydrogens (tertiary/aromatic N) is 2. The van der Waals surface area contributed by atoms with Crippen molar-refractivity contribution >= 4 is 39.1 Å². The van der Waals surface area contributed by atoms with Gasteiger partial charge in [0.2, 0.25) is 11.8 Å². The quantitative estimate of drug-likeness (QED) is 0.150. The van der Waals surface area contributed by atoms with Gasteiger partial charge in [0.15, 0.2) is 0 Å². The monoisotopic (exact) mass is 663 g/mol. The summed E-state index contributed by atoms with van der Waals surface area (Å²) >= 11 is 6.44. The van der Waals surface area contributed by atoms with E-state index in [1.165, 1.54) is 29.2 Å². The summed E-state index contributed by atoms with van der Waals surface area (Å²) in [6.07, 6.45) is 1.81. The minimum Gasteiger partial charge on any atom is -0.354 e. The number of hydrogen-bond donors (Lipinski definition) is 1. The summed E-state index contributed by atoms with van der Waals surface area (Å²) in [6, 6.07) is 25.2. The fraction of sp³-hybridized carbons (Fsp3) is 0.278. The van der Waals surface area contributed by atoms with Gasteiger partial charge in [0.25, 0.3) is 10.0 Å². The van der Waals surface area contributed by atoms with Gasteiger partial charge in [-0.25, -0.2) is 12.8 Å². The molecular formula is C36H39ClFN3O4S. The van der Waals surface area contributed by atoms with Gasteiger partial charge in [-0.15, -0.1) is 0 Å². The number of sulfonamides is 1. The van der Waals surface area contributed by atoms with Crippen molar-refractivity contribution in [2.45, 2.75) is 57.5 Å². The van der Waals surface area contributed by atoms with Crippen molar-refractivity contribution in [3.8, 4) is 0 Å². The van der Waals surface area contributed by atoms with Gasteiger partial charge in [0.1, 0.15) is 18.4 Å². The first-order valence-corrected chi connectivity index (χ1v) is 17.0. The van der Waals surface area contributed by atoms with E-state index in [0.717, 1.165) is 28.3 Å². The Morgan fingerprint density at radius 2 is 1.54 bits per heavy atom. The van der Waals surface area contributed by atoms with Crippen molar-refractivity contribution in [3.63, 3.8) is 0 Å². The third-order valence-corrected chi connectivity index (χ3v) is 9.95. The average molecular weight is 664 g/mol. The van der Waals surface area contributed by atoms with Crippen LogP contribution in [0.4, 0.5) is 10.1 Å². The maximum absolute atomic E-state index is 14.5. The smallest absolute Gasteiger partial charge is 0.264 e. The molecule has 242 valence electrons. The van der Waals surface area contributed by atoms with Gasteiger partial charge in [-0.1, -0.05) is 91.2 Å². The molecule has 0 spiro atoms. The summed E-state index contributed by atoms with van der Waals surface area (Å²) in [5, 5.41) is 3.30. The maximum atomic E-state index is 14.5. The lowest BCUT2D eigenvalue weighted by Gasteiger charge is -2.34. The summed E-state index contributed by atoms with van der Waals surface area (Å²) in [5.41, 5.74) is 3.01. The molecule has 0 aliphatic carbocycles. The van der Waals surface area contributed by atoms with E-state index in [-0.39, 0.29) is 29.5 Å². The number of benzene rings is 4. The van der Waals surface area contributed by atoms with Gasteiger partial charge in [-0.05, 0) is 73.4 Å². The van der Waals surface area contributed by atoms with Crippen LogP contribution in [0.2, 0.25) is 5.02 Å². The first-order valence-electron chi connectivity index (χ1n) is 15.2. The van der Waals surface area contributed by atoms with Gasteiger partial charge in [-0.2, -0.15) is 0 Å². The Morgan fingerprint density at radius 3 is 2.20 bits per heavy atom. The van der Waals surface area contributed by atoms with Crippen molar-refractivity contribution in [2.24, 2.45) is 0 Å². The number of rotatable bonds is 14. The second-order valence-electron chi connectivity index (χ2n) is 11.2. The molecule has 0 saturated carbocycles. The first kappa shape index (κ1) is 34.7. The van der Waals surface area contributed by atoms with E-state index in [4.69, 9.17) is 11.6 Å². The number of aryl methyl sites for hydroxylation is 1. The van der Waals surface area contributed by atoms with E-state index in [1.807, 2.05) is 44.2 Å². The number of nitrogens with one attached hydrogen (secondary N) is 1. The Labute approximate surface area is 276 Å². The summed E-state index contributed by atoms with van der Waals surface area (Å²) in [4.78, 5) is 29.7. The minimum absolute atomic E-state index is 0.00787. The number of halogens is 2. The van der Waals surface area contributed by atoms with Crippen molar-refractivity contribution in [1.29, 1.82) is 0 Å². The maximum Gasteiger partial charge on any atom is 0.264 e. The Kier molecular flexibility index (Phi) is 12.0. The van der Waals surface area contributed by atoms with Gasteiger partial charge in [-0.3, -0.25) is 13.9 Å². The molecule has 2 amide bonds. The van der Waals surface area contributed by atoms with Gasteiger partial charge in [0, 0.05) is 24.5 Å². The normalized spacial score (nSPS) is 11.9. The lowest BCUT2D eigenvalue weighted by atomic mass is 10.0. The highest BCUT2D eigenvalue weighted by Crippen LogP contribution is 2.31. The molecule has 0 fully saturated rings. The fourth-order valence-electron chi connectivity index (χ4n) is 5.06. The molecule has 1 N–H and O–H groups in total. The Hall–Kier alpha value is -4.21. The molecule has 10 heteroatoms. The highest BCUT2D eigenvalue weighted by Gasteiger charge is 2.35. The fourth-order valence-corrected chi connectivity index (χ4v) is 6.70. The first-order chi connectivity index (χ1) is 22.0. The third kappa shape index (κ3) is 8.73. The van der Waals surface area contributed by atoms with Crippen molar-refractivity contribution in [3.05, 3.63) is 130 Å². The van der Waals surface area contributed by atoms with E-state index < -0.39 is 34.3 Å². The van der Waals surface area contributed by atoms with Crippen LogP contribution in [-0.4, -0.2) is 44.3 Å². The number of amides is 2. The molecule has 0 aliphatic heterocycles. The molecule has 0 saturated heterocycles. The van der Waals surface area contributed by atoms with E-state index >= 15 is 0 Å². The van der Waals surface area contributed by atoms with E-state index in [9.17, 15) is 22.4 Å². The lowest BCUT2D eigenvalue weighted by molar-refractivity contribution is -0.140. The Morgan fingerprint density at radius 1 is 0.870 bits per heavy atom. The molecule has 4 rings (SSSR count). The van der Waals surface area contributed by atoms with Crippen LogP contribution in [0.15, 0.2) is 102 Å². The third-order valence-electron chi connectivity index (χ3n) is 7.76. The van der Waals surface area contributed by atoms with Crippen LogP contribution in [0.5, 0.6) is 0 Å². The van der Waals surface area contributed by atoms with Crippen LogP contribution in [0.25, 0.3) is 0 Å². The molecule has 0 radical (unpaired) electrons. The predicted octanol–water partition coefficient (Wildman–Crippen LogP) is 6.85. The molecule has 46 heavy (non-hydrogen) atoms. The predicted molar refractivity (Wildman–Crippen MR) is 181 cm³/mol. The van der Waals surface area contributed by atoms with Crippen LogP contribution in [0.1, 0.15) is 42.0 Å². The van der Waals surface area contributed by atoms with Gasteiger partial charge in [0.05, 0.1) is 10.6 Å². The van der Waals surface area contributed by atoms with Crippen LogP contribution >= 0.6 is 11.6 Å². The topological polar surface area (TPSA) is 86.8 Å². The van der Waals surface area contributed by atoms with Crippen LogP contribution in [0.3, 0.4) is 0 Å². The molecule has 1 unspecified atom stereocenters. The number of hydrogen-bond acceptors (Lipinski definition) is 4. The second kappa shape index (κ2) is 15.9. The largest absolute Gasteiger partial charge is 0.354 e. The number of carbonyl (C=O) groups excluding carboxylic acids is 2. The SMILES string of the molecule is CCCCNC(=O)C(Cc1ccccc1)N(Cc1ccc(F)cc1)C(=O)CN(c1cccc(Cl)c1C)S(=O)(=O)c1ccc(C)cc1. The summed E-state index contributed by atoms with van der Waals surface area (Å²) in [5.74, 6) is -1.41. The molecule has 0 bridgehead atoms. The van der Waals surface area contributed by atoms with Crippen LogP contribution < -0.4 is 9.62 Å². The zero-order chi connectivity index (χ0) is 33.3. The van der Waals surface area contributed by atoms with E-state index in [2.05, 4.69) is 5.32 Å². The molecule has 1 atom stereocenters.